The van der Waals surface area contributed by atoms with Crippen molar-refractivity contribution in [1.29, 1.82) is 0 Å². The molecule has 0 fully saturated rings. The Kier molecular flexibility index (Phi) is 4.30. The van der Waals surface area contributed by atoms with E-state index in [1.165, 1.54) is 36.4 Å². The van der Waals surface area contributed by atoms with Gasteiger partial charge in [0.15, 0.2) is 0 Å². The maximum Gasteiger partial charge on any atom is 0.275 e. The highest BCUT2D eigenvalue weighted by molar-refractivity contribution is 6.34. The van der Waals surface area contributed by atoms with Gasteiger partial charge in [-0.25, -0.2) is 0 Å². The number of carbonyl (C=O) groups is 2. The maximum atomic E-state index is 12.0. The van der Waals surface area contributed by atoms with Gasteiger partial charge in [-0.05, 0) is 24.3 Å². The predicted octanol–water partition coefficient (Wildman–Crippen LogP) is 3.03. The molecule has 7 heteroatoms. The number of carbonyl (C=O) groups excluding carboxylic acids is 2. The minimum atomic E-state index is -0.750. The fourth-order valence-corrected chi connectivity index (χ4v) is 1.82. The minimum Gasteiger partial charge on any atom is -0.267 e. The van der Waals surface area contributed by atoms with Gasteiger partial charge >= 0.3 is 0 Å². The van der Waals surface area contributed by atoms with Gasteiger partial charge in [0, 0.05) is 35.0 Å². The van der Waals surface area contributed by atoms with Crippen LogP contribution in [0.5, 0.6) is 0 Å². The highest BCUT2D eigenvalue weighted by Gasteiger charge is 2.22. The average molecular weight is 305 g/mol. The van der Waals surface area contributed by atoms with Crippen LogP contribution in [-0.4, -0.2) is 21.2 Å². The molecule has 2 amide bonds. The lowest BCUT2D eigenvalue weighted by atomic mass is 10.1. The zero-order valence-corrected chi connectivity index (χ0v) is 11.4. The third-order valence-electron chi connectivity index (χ3n) is 2.70. The van der Waals surface area contributed by atoms with E-state index in [2.05, 4.69) is 0 Å². The van der Waals surface area contributed by atoms with Crippen molar-refractivity contribution in [1.82, 2.24) is 4.42 Å². The van der Waals surface area contributed by atoms with Crippen LogP contribution in [0.1, 0.15) is 20.7 Å². The molecule has 2 rings (SSSR count). The molecule has 0 aromatic heterocycles. The topological polar surface area (TPSA) is 80.5 Å². The van der Waals surface area contributed by atoms with Gasteiger partial charge in [-0.1, -0.05) is 18.2 Å². The van der Waals surface area contributed by atoms with Gasteiger partial charge < -0.3 is 0 Å². The van der Waals surface area contributed by atoms with Gasteiger partial charge in [0.25, 0.3) is 17.5 Å². The average Bonchev–Trinajstić information content (AvgIpc) is 2.53. The van der Waals surface area contributed by atoms with Crippen LogP contribution in [0.15, 0.2) is 54.6 Å². The number of nitrogens with zero attached hydrogens (tertiary/aromatic N) is 2. The van der Waals surface area contributed by atoms with Crippen LogP contribution >= 0.6 is 11.8 Å². The second-order valence-electron chi connectivity index (χ2n) is 4.06. The Morgan fingerprint density at radius 3 is 1.86 bits per heavy atom. The number of nitro groups is 1. The fourth-order valence-electron chi connectivity index (χ4n) is 1.63. The monoisotopic (exact) mass is 304 g/mol. The van der Waals surface area contributed by atoms with E-state index in [1.807, 2.05) is 0 Å². The number of non-ortho nitro benzene ring substituents is 1. The molecular formula is C14H9ClN2O4. The normalized spacial score (nSPS) is 9.95. The van der Waals surface area contributed by atoms with Crippen molar-refractivity contribution in [3.63, 3.8) is 0 Å². The van der Waals surface area contributed by atoms with Crippen LogP contribution in [0.3, 0.4) is 0 Å². The number of halogens is 1. The summed E-state index contributed by atoms with van der Waals surface area (Å²) in [5.41, 5.74) is 0.199. The zero-order valence-electron chi connectivity index (χ0n) is 10.6. The lowest BCUT2D eigenvalue weighted by Crippen LogP contribution is -2.28. The smallest absolute Gasteiger partial charge is 0.267 e. The van der Waals surface area contributed by atoms with E-state index >= 15 is 0 Å². The van der Waals surface area contributed by atoms with Crippen molar-refractivity contribution in [2.45, 2.75) is 0 Å². The third kappa shape index (κ3) is 3.24. The van der Waals surface area contributed by atoms with E-state index in [0.717, 1.165) is 0 Å². The summed E-state index contributed by atoms with van der Waals surface area (Å²) < 4.78 is 0.455. The van der Waals surface area contributed by atoms with Crippen LogP contribution in [0.25, 0.3) is 0 Å². The number of amides is 2. The van der Waals surface area contributed by atoms with Crippen molar-refractivity contribution in [2.24, 2.45) is 0 Å². The highest BCUT2D eigenvalue weighted by Crippen LogP contribution is 2.16. The molecule has 0 saturated carbocycles. The third-order valence-corrected chi connectivity index (χ3v) is 3.01. The molecule has 0 aliphatic heterocycles. The first-order chi connectivity index (χ1) is 10.0. The van der Waals surface area contributed by atoms with E-state index in [-0.39, 0.29) is 16.8 Å². The van der Waals surface area contributed by atoms with E-state index < -0.39 is 16.7 Å². The molecule has 2 aromatic carbocycles. The zero-order chi connectivity index (χ0) is 15.4. The molecule has 106 valence electrons. The standard InChI is InChI=1S/C14H9ClN2O4/c15-16(13(18)10-4-2-1-3-5-10)14(19)11-6-8-12(9-7-11)17(20)21/h1-9H. The molecule has 0 bridgehead atoms. The first-order valence-electron chi connectivity index (χ1n) is 5.85. The molecule has 2 aromatic rings. The van der Waals surface area contributed by atoms with Crippen molar-refractivity contribution in [3.05, 3.63) is 75.8 Å². The molecule has 0 aliphatic carbocycles. The summed E-state index contributed by atoms with van der Waals surface area (Å²) in [6.07, 6.45) is 0. The summed E-state index contributed by atoms with van der Waals surface area (Å²) in [5.74, 6) is -1.42. The summed E-state index contributed by atoms with van der Waals surface area (Å²) >= 11 is 5.75. The van der Waals surface area contributed by atoms with E-state index in [4.69, 9.17) is 11.8 Å². The fraction of sp³-hybridized carbons (Fsp3) is 0. The number of imide groups is 1. The van der Waals surface area contributed by atoms with E-state index in [0.29, 0.717) is 4.42 Å². The first kappa shape index (κ1) is 14.7. The van der Waals surface area contributed by atoms with E-state index in [9.17, 15) is 19.7 Å². The molecule has 0 unspecified atom stereocenters. The molecule has 21 heavy (non-hydrogen) atoms. The van der Waals surface area contributed by atoms with Gasteiger partial charge in [-0.15, -0.1) is 0 Å². The first-order valence-corrected chi connectivity index (χ1v) is 6.18. The largest absolute Gasteiger partial charge is 0.275 e. The highest BCUT2D eigenvalue weighted by atomic mass is 35.5. The Morgan fingerprint density at radius 1 is 0.905 bits per heavy atom. The van der Waals surface area contributed by atoms with Crippen LogP contribution in [0, 0.1) is 10.1 Å². The Morgan fingerprint density at radius 2 is 1.38 bits per heavy atom. The maximum absolute atomic E-state index is 12.0. The van der Waals surface area contributed by atoms with Crippen molar-refractivity contribution >= 4 is 29.3 Å². The predicted molar refractivity (Wildman–Crippen MR) is 75.9 cm³/mol. The van der Waals surface area contributed by atoms with Crippen LogP contribution in [0.2, 0.25) is 0 Å². The SMILES string of the molecule is O=C(c1ccccc1)N(Cl)C(=O)c1ccc([N+](=O)[O-])cc1. The Balaban J connectivity index is 2.19. The Bertz CT molecular complexity index is 686. The Hall–Kier alpha value is -2.73. The molecule has 0 saturated heterocycles. The van der Waals surface area contributed by atoms with Crippen molar-refractivity contribution in [3.8, 4) is 0 Å². The molecule has 0 atom stereocenters. The molecule has 6 nitrogen and oxygen atoms in total. The molecule has 0 N–H and O–H groups in total. The quantitative estimate of drug-likeness (QED) is 0.378. The van der Waals surface area contributed by atoms with Gasteiger partial charge in [0.2, 0.25) is 0 Å². The van der Waals surface area contributed by atoms with Gasteiger partial charge in [-0.3, -0.25) is 19.7 Å². The molecule has 0 radical (unpaired) electrons. The molecular weight excluding hydrogens is 296 g/mol. The summed E-state index contributed by atoms with van der Waals surface area (Å²) in [4.78, 5) is 34.0. The van der Waals surface area contributed by atoms with Crippen LogP contribution in [-0.2, 0) is 0 Å². The summed E-state index contributed by atoms with van der Waals surface area (Å²) in [6, 6.07) is 12.9. The summed E-state index contributed by atoms with van der Waals surface area (Å²) in [6.45, 7) is 0. The number of rotatable bonds is 3. The van der Waals surface area contributed by atoms with Gasteiger partial charge in [0.1, 0.15) is 0 Å². The lowest BCUT2D eigenvalue weighted by molar-refractivity contribution is -0.384. The second-order valence-corrected chi connectivity index (χ2v) is 4.40. The summed E-state index contributed by atoms with van der Waals surface area (Å²) in [7, 11) is 0. The van der Waals surface area contributed by atoms with Gasteiger partial charge in [-0.2, -0.15) is 4.42 Å². The Labute approximate surface area is 124 Å². The number of benzene rings is 2. The number of nitro benzene ring substituents is 1. The number of hydrogen-bond acceptors (Lipinski definition) is 4. The molecule has 0 heterocycles. The second kappa shape index (κ2) is 6.15. The van der Waals surface area contributed by atoms with Gasteiger partial charge in [0.05, 0.1) is 4.92 Å². The minimum absolute atomic E-state index is 0.0832. The van der Waals surface area contributed by atoms with Crippen LogP contribution in [0.4, 0.5) is 5.69 Å². The summed E-state index contributed by atoms with van der Waals surface area (Å²) in [5, 5.41) is 10.5. The lowest BCUT2D eigenvalue weighted by Gasteiger charge is -2.12. The molecule has 0 aliphatic rings. The van der Waals surface area contributed by atoms with Crippen molar-refractivity contribution < 1.29 is 14.5 Å². The molecule has 0 spiro atoms. The number of hydrogen-bond donors (Lipinski definition) is 0. The van der Waals surface area contributed by atoms with Crippen molar-refractivity contribution in [2.75, 3.05) is 0 Å². The van der Waals surface area contributed by atoms with E-state index in [1.54, 1.807) is 18.2 Å². The van der Waals surface area contributed by atoms with Crippen LogP contribution < -0.4 is 0 Å².